The maximum Gasteiger partial charge on any atom is 0.173 e. The lowest BCUT2D eigenvalue weighted by Gasteiger charge is -2.21. The summed E-state index contributed by atoms with van der Waals surface area (Å²) < 4.78 is 6.05. The average molecular weight is 272 g/mol. The van der Waals surface area contributed by atoms with Crippen LogP contribution in [0, 0.1) is 5.92 Å². The molecule has 0 saturated heterocycles. The van der Waals surface area contributed by atoms with Crippen molar-refractivity contribution in [3.63, 3.8) is 0 Å². The number of halogens is 1. The molecular weight excluding hydrogens is 254 g/mol. The van der Waals surface area contributed by atoms with E-state index in [-0.39, 0.29) is 6.04 Å². The molecule has 1 aliphatic carbocycles. The summed E-state index contributed by atoms with van der Waals surface area (Å²) in [5.41, 5.74) is 7.42. The first-order chi connectivity index (χ1) is 7.29. The zero-order chi connectivity index (χ0) is 10.7. The second-order valence-electron chi connectivity index (χ2n) is 4.43. The van der Waals surface area contributed by atoms with Gasteiger partial charge in [-0.05, 0) is 40.8 Å². The van der Waals surface area contributed by atoms with Crippen molar-refractivity contribution in [2.24, 2.45) is 11.7 Å². The molecule has 0 aliphatic heterocycles. The first kappa shape index (κ1) is 11.2. The fourth-order valence-corrected chi connectivity index (χ4v) is 2.97. The van der Waals surface area contributed by atoms with Crippen molar-refractivity contribution < 1.29 is 4.42 Å². The van der Waals surface area contributed by atoms with Gasteiger partial charge in [0, 0.05) is 11.6 Å². The highest BCUT2D eigenvalue weighted by Crippen LogP contribution is 2.35. The molecule has 1 unspecified atom stereocenters. The van der Waals surface area contributed by atoms with Gasteiger partial charge in [0.1, 0.15) is 0 Å². The predicted octanol–water partition coefficient (Wildman–Crippen LogP) is 4.01. The van der Waals surface area contributed by atoms with Crippen LogP contribution in [-0.4, -0.2) is 0 Å². The van der Waals surface area contributed by atoms with Crippen molar-refractivity contribution in [3.8, 4) is 0 Å². The molecule has 15 heavy (non-hydrogen) atoms. The quantitative estimate of drug-likeness (QED) is 0.826. The SMILES string of the molecule is NC(c1ccoc1Br)C1CCCCCC1. The van der Waals surface area contributed by atoms with Gasteiger partial charge in [-0.2, -0.15) is 0 Å². The van der Waals surface area contributed by atoms with Gasteiger partial charge in [0.05, 0.1) is 6.26 Å². The first-order valence-electron chi connectivity index (χ1n) is 5.77. The molecule has 3 heteroatoms. The Bertz CT molecular complexity index is 302. The summed E-state index contributed by atoms with van der Waals surface area (Å²) in [5, 5.41) is 0. The van der Waals surface area contributed by atoms with Crippen LogP contribution < -0.4 is 5.73 Å². The monoisotopic (exact) mass is 271 g/mol. The molecule has 84 valence electrons. The van der Waals surface area contributed by atoms with Crippen LogP contribution >= 0.6 is 15.9 Å². The molecule has 1 aromatic rings. The molecule has 0 bridgehead atoms. The van der Waals surface area contributed by atoms with E-state index >= 15 is 0 Å². The molecule has 2 nitrogen and oxygen atoms in total. The fraction of sp³-hybridized carbons (Fsp3) is 0.667. The number of nitrogens with two attached hydrogens (primary N) is 1. The summed E-state index contributed by atoms with van der Waals surface area (Å²) in [6, 6.07) is 2.12. The van der Waals surface area contributed by atoms with Gasteiger partial charge in [0.15, 0.2) is 4.67 Å². The molecule has 1 aromatic heterocycles. The van der Waals surface area contributed by atoms with E-state index in [1.54, 1.807) is 6.26 Å². The number of rotatable bonds is 2. The van der Waals surface area contributed by atoms with Crippen molar-refractivity contribution in [2.75, 3.05) is 0 Å². The van der Waals surface area contributed by atoms with Crippen LogP contribution in [0.25, 0.3) is 0 Å². The smallest absolute Gasteiger partial charge is 0.173 e. The molecular formula is C12H18BrNO. The highest BCUT2D eigenvalue weighted by molar-refractivity contribution is 9.10. The normalized spacial score (nSPS) is 21.2. The van der Waals surface area contributed by atoms with Gasteiger partial charge in [0.2, 0.25) is 0 Å². The molecule has 0 aromatic carbocycles. The lowest BCUT2D eigenvalue weighted by molar-refractivity contribution is 0.377. The third kappa shape index (κ3) is 2.64. The van der Waals surface area contributed by atoms with E-state index in [1.165, 1.54) is 38.5 Å². The molecule has 1 saturated carbocycles. The fourth-order valence-electron chi connectivity index (χ4n) is 2.47. The Labute approximate surface area is 99.3 Å². The topological polar surface area (TPSA) is 39.2 Å². The van der Waals surface area contributed by atoms with Gasteiger partial charge in [-0.25, -0.2) is 0 Å². The lowest BCUT2D eigenvalue weighted by atomic mass is 9.89. The third-order valence-electron chi connectivity index (χ3n) is 3.41. The molecule has 0 amide bonds. The van der Waals surface area contributed by atoms with Crippen LogP contribution in [0.4, 0.5) is 0 Å². The Morgan fingerprint density at radius 2 is 1.93 bits per heavy atom. The van der Waals surface area contributed by atoms with E-state index in [0.717, 1.165) is 10.2 Å². The van der Waals surface area contributed by atoms with Gasteiger partial charge >= 0.3 is 0 Å². The standard InChI is InChI=1S/C12H18BrNO/c13-12-10(7-8-15-12)11(14)9-5-3-1-2-4-6-9/h7-9,11H,1-6,14H2. The highest BCUT2D eigenvalue weighted by Gasteiger charge is 2.23. The predicted molar refractivity (Wildman–Crippen MR) is 64.5 cm³/mol. The Morgan fingerprint density at radius 3 is 2.47 bits per heavy atom. The molecule has 1 atom stereocenters. The summed E-state index contributed by atoms with van der Waals surface area (Å²) in [6.45, 7) is 0. The maximum absolute atomic E-state index is 6.29. The van der Waals surface area contributed by atoms with Gasteiger partial charge in [-0.1, -0.05) is 25.7 Å². The van der Waals surface area contributed by atoms with E-state index in [9.17, 15) is 0 Å². The minimum Gasteiger partial charge on any atom is -0.457 e. The first-order valence-corrected chi connectivity index (χ1v) is 6.57. The minimum absolute atomic E-state index is 0.135. The van der Waals surface area contributed by atoms with Crippen molar-refractivity contribution in [2.45, 2.75) is 44.6 Å². The summed E-state index contributed by atoms with van der Waals surface area (Å²) >= 11 is 3.41. The minimum atomic E-state index is 0.135. The molecule has 0 radical (unpaired) electrons. The van der Waals surface area contributed by atoms with Crippen LogP contribution in [-0.2, 0) is 0 Å². The second kappa shape index (κ2) is 5.17. The summed E-state index contributed by atoms with van der Waals surface area (Å²) in [6.07, 6.45) is 9.63. The molecule has 2 N–H and O–H groups in total. The number of hydrogen-bond acceptors (Lipinski definition) is 2. The van der Waals surface area contributed by atoms with Gasteiger partial charge < -0.3 is 10.2 Å². The Kier molecular flexibility index (Phi) is 3.87. The van der Waals surface area contributed by atoms with Gasteiger partial charge in [0.25, 0.3) is 0 Å². The summed E-state index contributed by atoms with van der Waals surface area (Å²) in [5.74, 6) is 0.626. The Morgan fingerprint density at radius 1 is 1.27 bits per heavy atom. The average Bonchev–Trinajstić information content (AvgIpc) is 2.53. The summed E-state index contributed by atoms with van der Waals surface area (Å²) in [4.78, 5) is 0. The lowest BCUT2D eigenvalue weighted by Crippen LogP contribution is -2.20. The van der Waals surface area contributed by atoms with Crippen LogP contribution in [0.5, 0.6) is 0 Å². The number of hydrogen-bond donors (Lipinski definition) is 1. The maximum atomic E-state index is 6.29. The Balaban J connectivity index is 2.06. The van der Waals surface area contributed by atoms with Crippen molar-refractivity contribution in [3.05, 3.63) is 22.6 Å². The zero-order valence-electron chi connectivity index (χ0n) is 8.92. The largest absolute Gasteiger partial charge is 0.457 e. The molecule has 2 rings (SSSR count). The summed E-state index contributed by atoms with van der Waals surface area (Å²) in [7, 11) is 0. The highest BCUT2D eigenvalue weighted by atomic mass is 79.9. The van der Waals surface area contributed by atoms with E-state index in [1.807, 2.05) is 6.07 Å². The van der Waals surface area contributed by atoms with Crippen molar-refractivity contribution in [1.29, 1.82) is 0 Å². The van der Waals surface area contributed by atoms with E-state index < -0.39 is 0 Å². The zero-order valence-corrected chi connectivity index (χ0v) is 10.5. The Hall–Kier alpha value is -0.280. The molecule has 0 spiro atoms. The number of furan rings is 1. The van der Waals surface area contributed by atoms with Crippen molar-refractivity contribution >= 4 is 15.9 Å². The van der Waals surface area contributed by atoms with Crippen LogP contribution in [0.2, 0.25) is 0 Å². The molecule has 1 heterocycles. The van der Waals surface area contributed by atoms with Crippen LogP contribution in [0.15, 0.2) is 21.4 Å². The second-order valence-corrected chi connectivity index (χ2v) is 5.15. The van der Waals surface area contributed by atoms with E-state index in [4.69, 9.17) is 10.2 Å². The molecule has 1 fully saturated rings. The van der Waals surface area contributed by atoms with Crippen LogP contribution in [0.3, 0.4) is 0 Å². The van der Waals surface area contributed by atoms with E-state index in [0.29, 0.717) is 5.92 Å². The van der Waals surface area contributed by atoms with Gasteiger partial charge in [-0.3, -0.25) is 0 Å². The third-order valence-corrected chi connectivity index (χ3v) is 4.06. The van der Waals surface area contributed by atoms with Crippen molar-refractivity contribution in [1.82, 2.24) is 0 Å². The molecule has 1 aliphatic rings. The van der Waals surface area contributed by atoms with Gasteiger partial charge in [-0.15, -0.1) is 0 Å². The van der Waals surface area contributed by atoms with Crippen LogP contribution in [0.1, 0.15) is 50.1 Å². The van der Waals surface area contributed by atoms with E-state index in [2.05, 4.69) is 15.9 Å².